The summed E-state index contributed by atoms with van der Waals surface area (Å²) in [5.41, 5.74) is 1.74. The van der Waals surface area contributed by atoms with Crippen molar-refractivity contribution in [1.82, 2.24) is 10.6 Å². The smallest absolute Gasteiger partial charge is 0.159 e. The molecule has 1 unspecified atom stereocenters. The van der Waals surface area contributed by atoms with Crippen molar-refractivity contribution in [2.45, 2.75) is 19.9 Å². The fraction of sp³-hybridized carbons (Fsp3) is 0.417. The lowest BCUT2D eigenvalue weighted by Crippen LogP contribution is -2.49. The third kappa shape index (κ3) is 2.49. The summed E-state index contributed by atoms with van der Waals surface area (Å²) in [7, 11) is 0. The molecule has 1 heterocycles. The lowest BCUT2D eigenvalue weighted by molar-refractivity contribution is -0.123. The number of hydrogen-bond acceptors (Lipinski definition) is 3. The largest absolute Gasteiger partial charge is 0.381 e. The molecule has 0 aromatic carbocycles. The summed E-state index contributed by atoms with van der Waals surface area (Å²) in [5, 5.41) is 6.33. The lowest BCUT2D eigenvalue weighted by Gasteiger charge is -2.28. The van der Waals surface area contributed by atoms with Crippen LogP contribution in [0.5, 0.6) is 0 Å². The Morgan fingerprint density at radius 2 is 2.00 bits per heavy atom. The number of ketones is 1. The van der Waals surface area contributed by atoms with E-state index in [1.807, 2.05) is 13.8 Å². The van der Waals surface area contributed by atoms with Gasteiger partial charge >= 0.3 is 0 Å². The minimum absolute atomic E-state index is 0.0423. The van der Waals surface area contributed by atoms with Gasteiger partial charge < -0.3 is 10.6 Å². The molecule has 0 radical (unpaired) electrons. The van der Waals surface area contributed by atoms with Crippen molar-refractivity contribution in [2.75, 3.05) is 6.54 Å². The van der Waals surface area contributed by atoms with Gasteiger partial charge in [0.15, 0.2) is 5.78 Å². The van der Waals surface area contributed by atoms with Gasteiger partial charge in [0.05, 0.1) is 11.4 Å². The van der Waals surface area contributed by atoms with Crippen molar-refractivity contribution < 1.29 is 4.79 Å². The second-order valence-corrected chi connectivity index (χ2v) is 3.87. The number of Topliss-reactive ketones (excluding diaryl/α,β-unsaturated/α-hetero) is 1. The summed E-state index contributed by atoms with van der Waals surface area (Å²) in [6.07, 6.45) is 3.42. The number of carbonyl (C=O) groups is 1. The van der Waals surface area contributed by atoms with Gasteiger partial charge in [-0.2, -0.15) is 0 Å². The molecule has 0 aromatic rings. The molecule has 1 aliphatic rings. The third-order valence-electron chi connectivity index (χ3n) is 2.44. The van der Waals surface area contributed by atoms with Gasteiger partial charge in [-0.3, -0.25) is 4.79 Å². The minimum atomic E-state index is -0.165. The van der Waals surface area contributed by atoms with Gasteiger partial charge in [-0.1, -0.05) is 27.0 Å². The van der Waals surface area contributed by atoms with Crippen molar-refractivity contribution >= 4 is 5.78 Å². The van der Waals surface area contributed by atoms with Crippen LogP contribution in [0.25, 0.3) is 0 Å². The number of carbonyl (C=O) groups excluding carboxylic acids is 1. The van der Waals surface area contributed by atoms with E-state index < -0.39 is 0 Å². The molecule has 0 fully saturated rings. The van der Waals surface area contributed by atoms with E-state index in [1.54, 1.807) is 12.2 Å². The molecule has 15 heavy (non-hydrogen) atoms. The second-order valence-electron chi connectivity index (χ2n) is 3.87. The van der Waals surface area contributed by atoms with Gasteiger partial charge in [-0.15, -0.1) is 0 Å². The van der Waals surface area contributed by atoms with Crippen LogP contribution in [0.15, 0.2) is 36.7 Å². The molecule has 1 aliphatic heterocycles. The Hall–Kier alpha value is -1.51. The second kappa shape index (κ2) is 4.82. The highest BCUT2D eigenvalue weighted by molar-refractivity contribution is 5.86. The van der Waals surface area contributed by atoms with Crippen LogP contribution in [0, 0.1) is 5.92 Å². The molecule has 0 saturated carbocycles. The fourth-order valence-electron chi connectivity index (χ4n) is 1.55. The highest BCUT2D eigenvalue weighted by Crippen LogP contribution is 2.10. The normalized spacial score (nSPS) is 20.6. The molecule has 0 bridgehead atoms. The van der Waals surface area contributed by atoms with Crippen molar-refractivity contribution in [3.63, 3.8) is 0 Å². The summed E-state index contributed by atoms with van der Waals surface area (Å²) >= 11 is 0. The van der Waals surface area contributed by atoms with Crippen LogP contribution < -0.4 is 10.6 Å². The first kappa shape index (κ1) is 11.6. The summed E-state index contributed by atoms with van der Waals surface area (Å²) in [5.74, 6) is 0.255. The van der Waals surface area contributed by atoms with E-state index in [2.05, 4.69) is 23.8 Å². The average Bonchev–Trinajstić information content (AvgIpc) is 2.26. The van der Waals surface area contributed by atoms with Gasteiger partial charge in [0.2, 0.25) is 0 Å². The monoisotopic (exact) mass is 206 g/mol. The number of allylic oxidation sites excluding steroid dienone is 2. The predicted molar refractivity (Wildman–Crippen MR) is 62.2 cm³/mol. The Labute approximate surface area is 90.9 Å². The fourth-order valence-corrected chi connectivity index (χ4v) is 1.55. The summed E-state index contributed by atoms with van der Waals surface area (Å²) in [6.45, 7) is 11.8. The number of rotatable bonds is 4. The van der Waals surface area contributed by atoms with Crippen LogP contribution in [0.2, 0.25) is 0 Å². The molecule has 1 rings (SSSR count). The van der Waals surface area contributed by atoms with Crippen LogP contribution in [-0.4, -0.2) is 18.4 Å². The zero-order valence-corrected chi connectivity index (χ0v) is 9.34. The van der Waals surface area contributed by atoms with E-state index in [4.69, 9.17) is 0 Å². The van der Waals surface area contributed by atoms with E-state index in [0.29, 0.717) is 6.54 Å². The Morgan fingerprint density at radius 1 is 1.40 bits per heavy atom. The molecule has 0 amide bonds. The SMILES string of the molecule is C=CC1=C(C=C)NC(C(=O)C(C)C)CN1. The molecule has 0 saturated heterocycles. The van der Waals surface area contributed by atoms with Crippen molar-refractivity contribution in [1.29, 1.82) is 0 Å². The highest BCUT2D eigenvalue weighted by Gasteiger charge is 2.24. The first-order chi connectivity index (χ1) is 7.10. The Bertz CT molecular complexity index is 316. The van der Waals surface area contributed by atoms with Gasteiger partial charge in [-0.05, 0) is 12.2 Å². The van der Waals surface area contributed by atoms with Gasteiger partial charge in [0, 0.05) is 12.5 Å². The Kier molecular flexibility index (Phi) is 3.72. The maximum atomic E-state index is 11.8. The quantitative estimate of drug-likeness (QED) is 0.729. The van der Waals surface area contributed by atoms with Crippen molar-refractivity contribution in [2.24, 2.45) is 5.92 Å². The van der Waals surface area contributed by atoms with Gasteiger partial charge in [0.1, 0.15) is 6.04 Å². The maximum Gasteiger partial charge on any atom is 0.159 e. The molecule has 0 aromatic heterocycles. The van der Waals surface area contributed by atoms with Crippen molar-refractivity contribution in [3.8, 4) is 0 Å². The molecule has 2 N–H and O–H groups in total. The van der Waals surface area contributed by atoms with E-state index in [9.17, 15) is 4.79 Å². The summed E-state index contributed by atoms with van der Waals surface area (Å²) in [6, 6.07) is -0.165. The molecule has 82 valence electrons. The van der Waals surface area contributed by atoms with E-state index in [1.165, 1.54) is 0 Å². The third-order valence-corrected chi connectivity index (χ3v) is 2.44. The molecular formula is C12H18N2O. The number of nitrogens with one attached hydrogen (secondary N) is 2. The molecule has 1 atom stereocenters. The summed E-state index contributed by atoms with van der Waals surface area (Å²) < 4.78 is 0. The van der Waals surface area contributed by atoms with Gasteiger partial charge in [0.25, 0.3) is 0 Å². The van der Waals surface area contributed by atoms with Gasteiger partial charge in [-0.25, -0.2) is 0 Å². The number of hydrogen-bond donors (Lipinski definition) is 2. The predicted octanol–water partition coefficient (Wildman–Crippen LogP) is 1.36. The maximum absolute atomic E-state index is 11.8. The first-order valence-electron chi connectivity index (χ1n) is 5.13. The minimum Gasteiger partial charge on any atom is -0.381 e. The topological polar surface area (TPSA) is 41.1 Å². The standard InChI is InChI=1S/C12H18N2O/c1-5-9-10(6-2)14-11(7-13-9)12(15)8(3)4/h5-6,8,11,13-14H,1-2,7H2,3-4H3. The zero-order valence-electron chi connectivity index (χ0n) is 9.34. The van der Waals surface area contributed by atoms with Crippen LogP contribution in [0.3, 0.4) is 0 Å². The average molecular weight is 206 g/mol. The van der Waals surface area contributed by atoms with Crippen LogP contribution in [-0.2, 0) is 4.79 Å². The Morgan fingerprint density at radius 3 is 2.47 bits per heavy atom. The Balaban J connectivity index is 2.80. The van der Waals surface area contributed by atoms with Crippen LogP contribution in [0.1, 0.15) is 13.8 Å². The van der Waals surface area contributed by atoms with Crippen LogP contribution >= 0.6 is 0 Å². The summed E-state index contributed by atoms with van der Waals surface area (Å²) in [4.78, 5) is 11.8. The molecular weight excluding hydrogens is 188 g/mol. The zero-order chi connectivity index (χ0) is 11.4. The highest BCUT2D eigenvalue weighted by atomic mass is 16.1. The lowest BCUT2D eigenvalue weighted by atomic mass is 9.99. The van der Waals surface area contributed by atoms with E-state index in [0.717, 1.165) is 11.4 Å². The molecule has 0 aliphatic carbocycles. The molecule has 3 nitrogen and oxygen atoms in total. The van der Waals surface area contributed by atoms with Crippen LogP contribution in [0.4, 0.5) is 0 Å². The van der Waals surface area contributed by atoms with Crippen molar-refractivity contribution in [3.05, 3.63) is 36.7 Å². The van der Waals surface area contributed by atoms with E-state index in [-0.39, 0.29) is 17.7 Å². The molecule has 0 spiro atoms. The molecule has 3 heteroatoms. The first-order valence-corrected chi connectivity index (χ1v) is 5.13. The van der Waals surface area contributed by atoms with E-state index >= 15 is 0 Å².